The number of amides is 2. The van der Waals surface area contributed by atoms with Gasteiger partial charge in [0.25, 0.3) is 0 Å². The van der Waals surface area contributed by atoms with E-state index in [2.05, 4.69) is 6.58 Å². The topological polar surface area (TPSA) is 107 Å². The van der Waals surface area contributed by atoms with Crippen molar-refractivity contribution >= 4 is 17.8 Å². The molecule has 3 unspecified atom stereocenters. The van der Waals surface area contributed by atoms with Gasteiger partial charge in [-0.2, -0.15) is 0 Å². The number of carboxylic acids is 1. The summed E-state index contributed by atoms with van der Waals surface area (Å²) < 4.78 is 6.61. The molecule has 3 aliphatic heterocycles. The van der Waals surface area contributed by atoms with Crippen LogP contribution in [0.5, 0.6) is 0 Å². The summed E-state index contributed by atoms with van der Waals surface area (Å²) >= 11 is 0. The zero-order valence-electron chi connectivity index (χ0n) is 21.6. The Hall–Kier alpha value is -1.93. The standard InChI is InChI=1S/C27H42N2O6/c1-6-12-28(18-10-8-7-9-11-18)24(32)22-27-14-17(4)26(5,35-27)21(25(33)34)20(27)23(31)29(22)19(15-30)13-16(2)3/h6,16-22,30H,1,7-15H2,2-5H3,(H,33,34)/t17?,19-,20+,21+,22?,26-,27?/m1/s1. The van der Waals surface area contributed by atoms with Gasteiger partial charge in [0.15, 0.2) is 0 Å². The Morgan fingerprint density at radius 1 is 1.29 bits per heavy atom. The number of likely N-dealkylation sites (tertiary alicyclic amines) is 1. The number of aliphatic hydroxyl groups excluding tert-OH is 1. The molecule has 0 aromatic heterocycles. The molecule has 3 heterocycles. The molecule has 1 aliphatic carbocycles. The molecule has 1 spiro atoms. The van der Waals surface area contributed by atoms with Gasteiger partial charge in [0, 0.05) is 12.6 Å². The van der Waals surface area contributed by atoms with Gasteiger partial charge in [-0.3, -0.25) is 14.4 Å². The third kappa shape index (κ3) is 3.91. The van der Waals surface area contributed by atoms with E-state index >= 15 is 0 Å². The molecular weight excluding hydrogens is 448 g/mol. The van der Waals surface area contributed by atoms with Crippen LogP contribution in [0.4, 0.5) is 0 Å². The normalized spacial score (nSPS) is 37.5. The van der Waals surface area contributed by atoms with Gasteiger partial charge in [0.2, 0.25) is 11.8 Å². The van der Waals surface area contributed by atoms with Gasteiger partial charge in [-0.25, -0.2) is 0 Å². The van der Waals surface area contributed by atoms with E-state index < -0.39 is 41.1 Å². The fraction of sp³-hybridized carbons (Fsp3) is 0.815. The van der Waals surface area contributed by atoms with Crippen molar-refractivity contribution in [3.63, 3.8) is 0 Å². The van der Waals surface area contributed by atoms with Crippen molar-refractivity contribution in [3.05, 3.63) is 12.7 Å². The number of nitrogens with zero attached hydrogens (tertiary/aromatic N) is 2. The van der Waals surface area contributed by atoms with E-state index in [-0.39, 0.29) is 36.3 Å². The number of aliphatic hydroxyl groups is 1. The quantitative estimate of drug-likeness (QED) is 0.481. The fourth-order valence-corrected chi connectivity index (χ4v) is 7.65. The van der Waals surface area contributed by atoms with Gasteiger partial charge in [0.05, 0.1) is 24.2 Å². The van der Waals surface area contributed by atoms with Crippen LogP contribution in [0.3, 0.4) is 0 Å². The minimum absolute atomic E-state index is 0.0567. The second-order valence-electron chi connectivity index (χ2n) is 11.8. The van der Waals surface area contributed by atoms with Crippen LogP contribution in [0.1, 0.15) is 72.6 Å². The maximum absolute atomic E-state index is 14.5. The molecular formula is C27H42N2O6. The first-order valence-corrected chi connectivity index (χ1v) is 13.3. The number of fused-ring (bicyclic) bond motifs is 1. The number of ether oxygens (including phenoxy) is 1. The van der Waals surface area contributed by atoms with Gasteiger partial charge in [-0.1, -0.05) is 46.1 Å². The summed E-state index contributed by atoms with van der Waals surface area (Å²) in [5, 5.41) is 20.6. The van der Waals surface area contributed by atoms with E-state index in [0.717, 1.165) is 32.1 Å². The number of carbonyl (C=O) groups excluding carboxylic acids is 2. The van der Waals surface area contributed by atoms with E-state index in [1.807, 2.05) is 25.7 Å². The molecule has 0 aromatic rings. The Labute approximate surface area is 208 Å². The van der Waals surface area contributed by atoms with Crippen molar-refractivity contribution in [1.29, 1.82) is 0 Å². The summed E-state index contributed by atoms with van der Waals surface area (Å²) in [6.45, 7) is 11.7. The lowest BCUT2D eigenvalue weighted by Crippen LogP contribution is -2.60. The predicted octanol–water partition coefficient (Wildman–Crippen LogP) is 2.84. The van der Waals surface area contributed by atoms with Crippen LogP contribution in [-0.4, -0.2) is 80.3 Å². The number of hydrogen-bond acceptors (Lipinski definition) is 5. The lowest BCUT2D eigenvalue weighted by atomic mass is 9.62. The van der Waals surface area contributed by atoms with Crippen LogP contribution < -0.4 is 0 Å². The Balaban J connectivity index is 1.83. The number of hydrogen-bond donors (Lipinski definition) is 2. The smallest absolute Gasteiger partial charge is 0.310 e. The summed E-state index contributed by atoms with van der Waals surface area (Å²) in [6.07, 6.45) is 7.73. The summed E-state index contributed by atoms with van der Waals surface area (Å²) in [4.78, 5) is 44.4. The molecule has 2 amide bonds. The molecule has 196 valence electrons. The van der Waals surface area contributed by atoms with Gasteiger partial charge < -0.3 is 24.7 Å². The molecule has 0 aromatic carbocycles. The van der Waals surface area contributed by atoms with Crippen molar-refractivity contribution in [2.24, 2.45) is 23.7 Å². The average Bonchev–Trinajstić information content (AvgIpc) is 3.32. The summed E-state index contributed by atoms with van der Waals surface area (Å²) in [7, 11) is 0. The van der Waals surface area contributed by atoms with Crippen molar-refractivity contribution in [1.82, 2.24) is 9.80 Å². The van der Waals surface area contributed by atoms with Gasteiger partial charge in [0.1, 0.15) is 17.6 Å². The van der Waals surface area contributed by atoms with E-state index in [9.17, 15) is 24.6 Å². The molecule has 2 N–H and O–H groups in total. The van der Waals surface area contributed by atoms with Crippen LogP contribution in [0.2, 0.25) is 0 Å². The first kappa shape index (κ1) is 26.1. The first-order valence-electron chi connectivity index (χ1n) is 13.3. The molecule has 8 heteroatoms. The monoisotopic (exact) mass is 490 g/mol. The predicted molar refractivity (Wildman–Crippen MR) is 130 cm³/mol. The SMILES string of the molecule is C=CCN(C(=O)C1N([C@@H](CO)CC(C)C)C(=O)[C@@H]2[C@@H](C(=O)O)[C@]3(C)OC12CC3C)C1CCCCC1. The molecule has 7 atom stereocenters. The lowest BCUT2D eigenvalue weighted by Gasteiger charge is -2.42. The number of carboxylic acid groups (broad SMARTS) is 1. The van der Waals surface area contributed by atoms with Crippen LogP contribution in [0, 0.1) is 23.7 Å². The van der Waals surface area contributed by atoms with Crippen LogP contribution in [0.15, 0.2) is 12.7 Å². The molecule has 0 radical (unpaired) electrons. The highest BCUT2D eigenvalue weighted by molar-refractivity contribution is 5.98. The average molecular weight is 491 g/mol. The molecule has 8 nitrogen and oxygen atoms in total. The van der Waals surface area contributed by atoms with Crippen LogP contribution in [-0.2, 0) is 19.1 Å². The number of aliphatic carboxylic acids is 1. The zero-order chi connectivity index (χ0) is 25.7. The summed E-state index contributed by atoms with van der Waals surface area (Å²) in [5.41, 5.74) is -2.22. The van der Waals surface area contributed by atoms with Crippen LogP contribution in [0.25, 0.3) is 0 Å². The first-order chi connectivity index (χ1) is 16.5. The van der Waals surface area contributed by atoms with E-state index in [1.54, 1.807) is 13.0 Å². The molecule has 4 fully saturated rings. The molecule has 1 saturated carbocycles. The third-order valence-electron chi connectivity index (χ3n) is 9.22. The lowest BCUT2D eigenvalue weighted by molar-refractivity contribution is -0.161. The third-order valence-corrected chi connectivity index (χ3v) is 9.22. The number of rotatable bonds is 9. The summed E-state index contributed by atoms with van der Waals surface area (Å²) in [6, 6.07) is -1.47. The van der Waals surface area contributed by atoms with Gasteiger partial charge >= 0.3 is 5.97 Å². The Morgan fingerprint density at radius 3 is 2.49 bits per heavy atom. The van der Waals surface area contributed by atoms with Crippen LogP contribution >= 0.6 is 0 Å². The Bertz CT molecular complexity index is 870. The highest BCUT2D eigenvalue weighted by atomic mass is 16.5. The van der Waals surface area contributed by atoms with Gasteiger partial charge in [-0.15, -0.1) is 6.58 Å². The molecule has 3 saturated heterocycles. The molecule has 2 bridgehead atoms. The maximum atomic E-state index is 14.5. The van der Waals surface area contributed by atoms with E-state index in [0.29, 0.717) is 19.4 Å². The zero-order valence-corrected chi connectivity index (χ0v) is 21.6. The van der Waals surface area contributed by atoms with E-state index in [4.69, 9.17) is 4.74 Å². The largest absolute Gasteiger partial charge is 0.481 e. The Morgan fingerprint density at radius 2 is 1.94 bits per heavy atom. The van der Waals surface area contributed by atoms with Crippen molar-refractivity contribution in [3.8, 4) is 0 Å². The summed E-state index contributed by atoms with van der Waals surface area (Å²) in [5.74, 6) is -3.53. The molecule has 4 aliphatic rings. The number of carbonyl (C=O) groups is 3. The van der Waals surface area contributed by atoms with Gasteiger partial charge in [-0.05, 0) is 44.4 Å². The Kier molecular flexibility index (Phi) is 7.10. The minimum atomic E-state index is -1.20. The highest BCUT2D eigenvalue weighted by Crippen LogP contribution is 2.65. The molecule has 4 rings (SSSR count). The minimum Gasteiger partial charge on any atom is -0.481 e. The van der Waals surface area contributed by atoms with Crippen molar-refractivity contribution in [2.45, 2.75) is 102 Å². The van der Waals surface area contributed by atoms with E-state index in [1.165, 1.54) is 4.90 Å². The highest BCUT2D eigenvalue weighted by Gasteiger charge is 2.80. The molecule has 35 heavy (non-hydrogen) atoms. The fourth-order valence-electron chi connectivity index (χ4n) is 7.65. The second-order valence-corrected chi connectivity index (χ2v) is 11.8. The van der Waals surface area contributed by atoms with Crippen molar-refractivity contribution < 1.29 is 29.3 Å². The van der Waals surface area contributed by atoms with Crippen molar-refractivity contribution in [2.75, 3.05) is 13.2 Å². The maximum Gasteiger partial charge on any atom is 0.310 e. The second kappa shape index (κ2) is 9.51.